The molecule has 2 rings (SSSR count). The Kier molecular flexibility index (Phi) is 4.09. The Hall–Kier alpha value is -0.980. The van der Waals surface area contributed by atoms with Gasteiger partial charge in [0.2, 0.25) is 0 Å². The summed E-state index contributed by atoms with van der Waals surface area (Å²) in [6.07, 6.45) is 3.88. The fourth-order valence-corrected chi connectivity index (χ4v) is 2.68. The van der Waals surface area contributed by atoms with Crippen LogP contribution in [0.5, 0.6) is 0 Å². The predicted octanol–water partition coefficient (Wildman–Crippen LogP) is 4.12. The smallest absolute Gasteiger partial charge is 0.0398 e. The second-order valence-corrected chi connectivity index (χ2v) is 5.90. The molecule has 0 unspecified atom stereocenters. The summed E-state index contributed by atoms with van der Waals surface area (Å²) in [5.41, 5.74) is 3.00. The van der Waals surface area contributed by atoms with Crippen LogP contribution >= 0.6 is 0 Å². The van der Waals surface area contributed by atoms with Crippen molar-refractivity contribution in [2.24, 2.45) is 11.8 Å². The Bertz CT molecular complexity index is 348. The maximum atomic E-state index is 2.58. The number of anilines is 1. The van der Waals surface area contributed by atoms with Gasteiger partial charge in [0, 0.05) is 18.8 Å². The molecule has 0 aromatic heterocycles. The van der Waals surface area contributed by atoms with Crippen molar-refractivity contribution in [2.75, 3.05) is 18.0 Å². The van der Waals surface area contributed by atoms with Crippen molar-refractivity contribution < 1.29 is 0 Å². The van der Waals surface area contributed by atoms with E-state index in [9.17, 15) is 0 Å². The summed E-state index contributed by atoms with van der Waals surface area (Å²) in [6.45, 7) is 9.44. The first-order chi connectivity index (χ1) is 8.16. The molecule has 1 fully saturated rings. The molecule has 1 heteroatoms. The lowest BCUT2D eigenvalue weighted by molar-refractivity contribution is 0.437. The van der Waals surface area contributed by atoms with E-state index in [1.165, 1.54) is 43.6 Å². The Morgan fingerprint density at radius 1 is 1.18 bits per heavy atom. The summed E-state index contributed by atoms with van der Waals surface area (Å²) in [5, 5.41) is 0. The van der Waals surface area contributed by atoms with Crippen LogP contribution in [-0.4, -0.2) is 13.1 Å². The standard InChI is InChI=1S/C16H25N/c1-13(2)12-15-6-4-5-7-16(15)17-10-8-14(3)9-11-17/h4-7,13-14H,8-12H2,1-3H3. The quantitative estimate of drug-likeness (QED) is 0.756. The molecule has 0 saturated carbocycles. The maximum absolute atomic E-state index is 2.58. The summed E-state index contributed by atoms with van der Waals surface area (Å²) in [6, 6.07) is 8.95. The molecule has 0 radical (unpaired) electrons. The molecular weight excluding hydrogens is 206 g/mol. The molecule has 1 nitrogen and oxygen atoms in total. The van der Waals surface area contributed by atoms with Gasteiger partial charge in [0.05, 0.1) is 0 Å². The lowest BCUT2D eigenvalue weighted by Gasteiger charge is -2.33. The van der Waals surface area contributed by atoms with Gasteiger partial charge in [-0.25, -0.2) is 0 Å². The van der Waals surface area contributed by atoms with Gasteiger partial charge in [-0.2, -0.15) is 0 Å². The molecule has 1 aromatic carbocycles. The first-order valence-corrected chi connectivity index (χ1v) is 6.99. The fraction of sp³-hybridized carbons (Fsp3) is 0.625. The summed E-state index contributed by atoms with van der Waals surface area (Å²) in [7, 11) is 0. The predicted molar refractivity (Wildman–Crippen MR) is 75.6 cm³/mol. The molecule has 1 aliphatic rings. The average molecular weight is 231 g/mol. The molecule has 0 amide bonds. The van der Waals surface area contributed by atoms with Crippen LogP contribution in [0, 0.1) is 11.8 Å². The largest absolute Gasteiger partial charge is 0.371 e. The van der Waals surface area contributed by atoms with Gasteiger partial charge in [-0.15, -0.1) is 0 Å². The van der Waals surface area contributed by atoms with Crippen molar-refractivity contribution in [1.82, 2.24) is 0 Å². The van der Waals surface area contributed by atoms with Gasteiger partial charge < -0.3 is 4.90 Å². The zero-order chi connectivity index (χ0) is 12.3. The molecule has 0 atom stereocenters. The summed E-state index contributed by atoms with van der Waals surface area (Å²) < 4.78 is 0. The van der Waals surface area contributed by atoms with Gasteiger partial charge >= 0.3 is 0 Å². The minimum Gasteiger partial charge on any atom is -0.371 e. The third-order valence-electron chi connectivity index (χ3n) is 3.74. The van der Waals surface area contributed by atoms with Crippen LogP contribution in [0.25, 0.3) is 0 Å². The summed E-state index contributed by atoms with van der Waals surface area (Å²) in [5.74, 6) is 1.64. The minimum absolute atomic E-state index is 0.736. The van der Waals surface area contributed by atoms with E-state index in [1.54, 1.807) is 0 Å². The Morgan fingerprint density at radius 2 is 1.82 bits per heavy atom. The van der Waals surface area contributed by atoms with Crippen LogP contribution in [0.15, 0.2) is 24.3 Å². The molecule has 94 valence electrons. The van der Waals surface area contributed by atoms with E-state index in [1.807, 2.05) is 0 Å². The Balaban J connectivity index is 2.14. The highest BCUT2D eigenvalue weighted by Crippen LogP contribution is 2.27. The number of benzene rings is 1. The molecule has 1 saturated heterocycles. The number of para-hydroxylation sites is 1. The second-order valence-electron chi connectivity index (χ2n) is 5.90. The van der Waals surface area contributed by atoms with Crippen LogP contribution in [-0.2, 0) is 6.42 Å². The third-order valence-corrected chi connectivity index (χ3v) is 3.74. The number of hydrogen-bond acceptors (Lipinski definition) is 1. The van der Waals surface area contributed by atoms with E-state index in [2.05, 4.69) is 49.9 Å². The number of rotatable bonds is 3. The van der Waals surface area contributed by atoms with Gasteiger partial charge in [-0.05, 0) is 42.7 Å². The maximum Gasteiger partial charge on any atom is 0.0398 e. The van der Waals surface area contributed by atoms with E-state index in [0.29, 0.717) is 0 Å². The molecule has 1 heterocycles. The highest BCUT2D eigenvalue weighted by molar-refractivity contribution is 5.54. The van der Waals surface area contributed by atoms with Gasteiger partial charge in [-0.3, -0.25) is 0 Å². The van der Waals surface area contributed by atoms with E-state index in [-0.39, 0.29) is 0 Å². The molecule has 17 heavy (non-hydrogen) atoms. The van der Waals surface area contributed by atoms with Crippen LogP contribution in [0.2, 0.25) is 0 Å². The summed E-state index contributed by atoms with van der Waals surface area (Å²) in [4.78, 5) is 2.58. The normalized spacial score (nSPS) is 17.8. The van der Waals surface area contributed by atoms with E-state index in [0.717, 1.165) is 11.8 Å². The van der Waals surface area contributed by atoms with Gasteiger partial charge in [-0.1, -0.05) is 39.0 Å². The van der Waals surface area contributed by atoms with Crippen LogP contribution in [0.4, 0.5) is 5.69 Å². The SMILES string of the molecule is CC(C)Cc1ccccc1N1CCC(C)CC1. The van der Waals surface area contributed by atoms with Crippen LogP contribution in [0.1, 0.15) is 39.2 Å². The Morgan fingerprint density at radius 3 is 2.47 bits per heavy atom. The molecule has 0 spiro atoms. The zero-order valence-corrected chi connectivity index (χ0v) is 11.4. The van der Waals surface area contributed by atoms with Crippen molar-refractivity contribution in [2.45, 2.75) is 40.0 Å². The monoisotopic (exact) mass is 231 g/mol. The molecule has 1 aromatic rings. The highest BCUT2D eigenvalue weighted by Gasteiger charge is 2.18. The molecule has 0 bridgehead atoms. The molecule has 0 aliphatic carbocycles. The van der Waals surface area contributed by atoms with E-state index in [4.69, 9.17) is 0 Å². The molecular formula is C16H25N. The second kappa shape index (κ2) is 5.57. The van der Waals surface area contributed by atoms with Crippen molar-refractivity contribution in [3.05, 3.63) is 29.8 Å². The zero-order valence-electron chi connectivity index (χ0n) is 11.4. The van der Waals surface area contributed by atoms with Crippen molar-refractivity contribution in [1.29, 1.82) is 0 Å². The van der Waals surface area contributed by atoms with Crippen molar-refractivity contribution in [3.8, 4) is 0 Å². The number of nitrogens with zero attached hydrogens (tertiary/aromatic N) is 1. The minimum atomic E-state index is 0.736. The molecule has 0 N–H and O–H groups in total. The fourth-order valence-electron chi connectivity index (χ4n) is 2.68. The van der Waals surface area contributed by atoms with Gasteiger partial charge in [0.25, 0.3) is 0 Å². The average Bonchev–Trinajstić information content (AvgIpc) is 2.30. The van der Waals surface area contributed by atoms with Crippen LogP contribution in [0.3, 0.4) is 0 Å². The van der Waals surface area contributed by atoms with Gasteiger partial charge in [0.1, 0.15) is 0 Å². The lowest BCUT2D eigenvalue weighted by atomic mass is 9.96. The van der Waals surface area contributed by atoms with E-state index < -0.39 is 0 Å². The summed E-state index contributed by atoms with van der Waals surface area (Å²) >= 11 is 0. The van der Waals surface area contributed by atoms with E-state index >= 15 is 0 Å². The first-order valence-electron chi connectivity index (χ1n) is 6.99. The topological polar surface area (TPSA) is 3.24 Å². The highest BCUT2D eigenvalue weighted by atomic mass is 15.1. The van der Waals surface area contributed by atoms with Crippen molar-refractivity contribution >= 4 is 5.69 Å². The first kappa shape index (κ1) is 12.5. The Labute approximate surface area is 106 Å². The van der Waals surface area contributed by atoms with Crippen LogP contribution < -0.4 is 4.90 Å². The van der Waals surface area contributed by atoms with Crippen molar-refractivity contribution in [3.63, 3.8) is 0 Å². The number of piperidine rings is 1. The lowest BCUT2D eigenvalue weighted by Crippen LogP contribution is -2.33. The van der Waals surface area contributed by atoms with Gasteiger partial charge in [0.15, 0.2) is 0 Å². The third kappa shape index (κ3) is 3.24. The molecule has 1 aliphatic heterocycles. The number of hydrogen-bond donors (Lipinski definition) is 0.